The smallest absolute Gasteiger partial charge is 0.0647 e. The zero-order chi connectivity index (χ0) is 13.6. The van der Waals surface area contributed by atoms with Crippen LogP contribution in [0.25, 0.3) is 0 Å². The summed E-state index contributed by atoms with van der Waals surface area (Å²) in [6, 6.07) is 0.460. The van der Waals surface area contributed by atoms with E-state index in [1.807, 2.05) is 6.92 Å². The topological polar surface area (TPSA) is 52.5 Å². The van der Waals surface area contributed by atoms with Gasteiger partial charge in [0.25, 0.3) is 0 Å². The van der Waals surface area contributed by atoms with Gasteiger partial charge in [-0.1, -0.05) is 33.6 Å². The van der Waals surface area contributed by atoms with Gasteiger partial charge >= 0.3 is 0 Å². The second-order valence-electron chi connectivity index (χ2n) is 6.45. The zero-order valence-electron chi connectivity index (χ0n) is 12.3. The van der Waals surface area contributed by atoms with Gasteiger partial charge in [-0.3, -0.25) is 0 Å². The Morgan fingerprint density at radius 1 is 1.22 bits per heavy atom. The van der Waals surface area contributed by atoms with Crippen LogP contribution >= 0.6 is 0 Å². The van der Waals surface area contributed by atoms with Crippen LogP contribution in [0.3, 0.4) is 0 Å². The molecule has 2 atom stereocenters. The lowest BCUT2D eigenvalue weighted by atomic mass is 9.80. The highest BCUT2D eigenvalue weighted by atomic mass is 16.3. The fourth-order valence-corrected chi connectivity index (χ4v) is 3.20. The number of hydrogen-bond acceptors (Lipinski definition) is 3. The van der Waals surface area contributed by atoms with Crippen molar-refractivity contribution in [2.45, 2.75) is 70.9 Å². The summed E-state index contributed by atoms with van der Waals surface area (Å²) in [5.41, 5.74) is -0.482. The van der Waals surface area contributed by atoms with E-state index in [0.29, 0.717) is 6.04 Å². The first-order chi connectivity index (χ1) is 8.55. The summed E-state index contributed by atoms with van der Waals surface area (Å²) in [5, 5.41) is 22.5. The minimum Gasteiger partial charge on any atom is -0.394 e. The normalized spacial score (nSPS) is 25.7. The SMILES string of the molecule is CCC(CO)(CO)NC1CCCC(CC(C)C)C1. The largest absolute Gasteiger partial charge is 0.394 e. The Labute approximate surface area is 112 Å². The van der Waals surface area contributed by atoms with E-state index in [1.165, 1.54) is 32.1 Å². The molecule has 1 aliphatic carbocycles. The standard InChI is InChI=1S/C15H31NO2/c1-4-15(10-17,11-18)16-14-7-5-6-13(9-14)8-12(2)3/h12-14,16-18H,4-11H2,1-3H3. The summed E-state index contributed by atoms with van der Waals surface area (Å²) in [5.74, 6) is 1.57. The van der Waals surface area contributed by atoms with E-state index >= 15 is 0 Å². The highest BCUT2D eigenvalue weighted by Crippen LogP contribution is 2.30. The molecule has 0 spiro atoms. The molecule has 1 aliphatic rings. The molecule has 0 aromatic heterocycles. The predicted octanol–water partition coefficient (Wildman–Crippen LogP) is 2.31. The van der Waals surface area contributed by atoms with Gasteiger partial charge in [-0.05, 0) is 37.5 Å². The molecule has 0 saturated heterocycles. The average Bonchev–Trinajstić information content (AvgIpc) is 2.36. The molecular formula is C15H31NO2. The Bertz CT molecular complexity index is 218. The Kier molecular flexibility index (Phi) is 6.61. The minimum atomic E-state index is -0.482. The van der Waals surface area contributed by atoms with Crippen LogP contribution in [-0.4, -0.2) is 35.0 Å². The zero-order valence-corrected chi connectivity index (χ0v) is 12.3. The second kappa shape index (κ2) is 7.46. The minimum absolute atomic E-state index is 0.0192. The molecule has 3 heteroatoms. The maximum atomic E-state index is 9.50. The van der Waals surface area contributed by atoms with E-state index in [9.17, 15) is 10.2 Å². The lowest BCUT2D eigenvalue weighted by Crippen LogP contribution is -2.56. The number of nitrogens with one attached hydrogen (secondary N) is 1. The Balaban J connectivity index is 2.50. The Morgan fingerprint density at radius 2 is 1.89 bits per heavy atom. The third-order valence-electron chi connectivity index (χ3n) is 4.38. The van der Waals surface area contributed by atoms with Crippen molar-refractivity contribution in [3.63, 3.8) is 0 Å². The molecule has 1 rings (SSSR count). The van der Waals surface area contributed by atoms with Gasteiger partial charge in [0.15, 0.2) is 0 Å². The molecule has 0 aliphatic heterocycles. The molecule has 0 radical (unpaired) electrons. The van der Waals surface area contributed by atoms with Gasteiger partial charge in [0, 0.05) is 6.04 Å². The average molecular weight is 257 g/mol. The Morgan fingerprint density at radius 3 is 2.39 bits per heavy atom. The maximum Gasteiger partial charge on any atom is 0.0647 e. The predicted molar refractivity (Wildman–Crippen MR) is 75.5 cm³/mol. The molecule has 3 nitrogen and oxygen atoms in total. The number of rotatable bonds is 7. The second-order valence-corrected chi connectivity index (χ2v) is 6.45. The molecule has 0 heterocycles. The highest BCUT2D eigenvalue weighted by Gasteiger charge is 2.31. The molecule has 3 N–H and O–H groups in total. The van der Waals surface area contributed by atoms with Crippen molar-refractivity contribution in [3.8, 4) is 0 Å². The van der Waals surface area contributed by atoms with E-state index in [0.717, 1.165) is 18.3 Å². The van der Waals surface area contributed by atoms with Gasteiger partial charge in [-0.25, -0.2) is 0 Å². The third kappa shape index (κ3) is 4.52. The van der Waals surface area contributed by atoms with Crippen LogP contribution in [0.4, 0.5) is 0 Å². The van der Waals surface area contributed by atoms with Gasteiger partial charge in [-0.15, -0.1) is 0 Å². The van der Waals surface area contributed by atoms with Crippen LogP contribution in [0.5, 0.6) is 0 Å². The molecule has 0 aromatic rings. The van der Waals surface area contributed by atoms with Crippen LogP contribution < -0.4 is 5.32 Å². The summed E-state index contributed by atoms with van der Waals surface area (Å²) in [6.07, 6.45) is 7.05. The number of aliphatic hydroxyl groups is 2. The van der Waals surface area contributed by atoms with E-state index in [4.69, 9.17) is 0 Å². The summed E-state index contributed by atoms with van der Waals surface area (Å²) >= 11 is 0. The molecule has 0 aromatic carbocycles. The van der Waals surface area contributed by atoms with Gasteiger partial charge < -0.3 is 15.5 Å². The summed E-state index contributed by atoms with van der Waals surface area (Å²) < 4.78 is 0. The van der Waals surface area contributed by atoms with Crippen LogP contribution in [0.2, 0.25) is 0 Å². The van der Waals surface area contributed by atoms with Crippen molar-refractivity contribution >= 4 is 0 Å². The van der Waals surface area contributed by atoms with Crippen molar-refractivity contribution in [2.24, 2.45) is 11.8 Å². The van der Waals surface area contributed by atoms with Gasteiger partial charge in [-0.2, -0.15) is 0 Å². The fraction of sp³-hybridized carbons (Fsp3) is 1.00. The van der Waals surface area contributed by atoms with Gasteiger partial charge in [0.05, 0.1) is 18.8 Å². The van der Waals surface area contributed by atoms with Crippen molar-refractivity contribution < 1.29 is 10.2 Å². The highest BCUT2D eigenvalue weighted by molar-refractivity contribution is 4.91. The number of aliphatic hydroxyl groups excluding tert-OH is 2. The van der Waals surface area contributed by atoms with E-state index < -0.39 is 5.54 Å². The van der Waals surface area contributed by atoms with Crippen molar-refractivity contribution in [3.05, 3.63) is 0 Å². The molecule has 2 unspecified atom stereocenters. The molecular weight excluding hydrogens is 226 g/mol. The first-order valence-electron chi connectivity index (χ1n) is 7.54. The molecule has 18 heavy (non-hydrogen) atoms. The Hall–Kier alpha value is -0.120. The summed E-state index contributed by atoms with van der Waals surface area (Å²) in [7, 11) is 0. The van der Waals surface area contributed by atoms with Crippen LogP contribution in [-0.2, 0) is 0 Å². The van der Waals surface area contributed by atoms with Crippen LogP contribution in [0.15, 0.2) is 0 Å². The van der Waals surface area contributed by atoms with Gasteiger partial charge in [0.1, 0.15) is 0 Å². The van der Waals surface area contributed by atoms with Crippen molar-refractivity contribution in [2.75, 3.05) is 13.2 Å². The maximum absolute atomic E-state index is 9.50. The number of hydrogen-bond donors (Lipinski definition) is 3. The molecule has 0 bridgehead atoms. The van der Waals surface area contributed by atoms with Crippen molar-refractivity contribution in [1.29, 1.82) is 0 Å². The van der Waals surface area contributed by atoms with Crippen LogP contribution in [0.1, 0.15) is 59.3 Å². The van der Waals surface area contributed by atoms with Crippen LogP contribution in [0, 0.1) is 11.8 Å². The van der Waals surface area contributed by atoms with E-state index in [2.05, 4.69) is 19.2 Å². The first kappa shape index (κ1) is 15.9. The first-order valence-corrected chi connectivity index (χ1v) is 7.54. The quantitative estimate of drug-likeness (QED) is 0.656. The van der Waals surface area contributed by atoms with Crippen molar-refractivity contribution in [1.82, 2.24) is 5.32 Å². The molecule has 108 valence electrons. The monoisotopic (exact) mass is 257 g/mol. The molecule has 1 fully saturated rings. The lowest BCUT2D eigenvalue weighted by Gasteiger charge is -2.38. The molecule has 1 saturated carbocycles. The lowest BCUT2D eigenvalue weighted by molar-refractivity contribution is 0.0672. The summed E-state index contributed by atoms with van der Waals surface area (Å²) in [4.78, 5) is 0. The van der Waals surface area contributed by atoms with E-state index in [-0.39, 0.29) is 13.2 Å². The molecule has 0 amide bonds. The van der Waals surface area contributed by atoms with Gasteiger partial charge in [0.2, 0.25) is 0 Å². The van der Waals surface area contributed by atoms with E-state index in [1.54, 1.807) is 0 Å². The summed E-state index contributed by atoms with van der Waals surface area (Å²) in [6.45, 7) is 6.63. The fourth-order valence-electron chi connectivity index (χ4n) is 3.20. The third-order valence-corrected chi connectivity index (χ3v) is 4.38.